The van der Waals surface area contributed by atoms with Gasteiger partial charge in [0.05, 0.1) is 0 Å². The molecule has 0 N–H and O–H groups in total. The zero-order valence-corrected chi connectivity index (χ0v) is 17.1. The second-order valence-electron chi connectivity index (χ2n) is 4.13. The Morgan fingerprint density at radius 2 is 1.14 bits per heavy atom. The standard InChI is InChI=1S/C12H8Cl9/c1-2-7-3-5-8(6-4-7)9(13,14)10(15,16)11(17,18)12(19,20)21/h2-6H,1H3. The molecule has 1 aromatic rings. The van der Waals surface area contributed by atoms with Crippen LogP contribution in [0.15, 0.2) is 24.3 Å². The Balaban J connectivity index is 3.32. The maximum atomic E-state index is 6.29. The highest BCUT2D eigenvalue weighted by molar-refractivity contribution is 6.80. The van der Waals surface area contributed by atoms with Gasteiger partial charge in [0.1, 0.15) is 0 Å². The zero-order valence-electron chi connectivity index (χ0n) is 10.3. The molecule has 0 aliphatic rings. The van der Waals surface area contributed by atoms with Gasteiger partial charge in [0.25, 0.3) is 0 Å². The molecule has 1 aromatic carbocycles. The van der Waals surface area contributed by atoms with E-state index in [2.05, 4.69) is 0 Å². The molecule has 0 heterocycles. The van der Waals surface area contributed by atoms with E-state index in [4.69, 9.17) is 104 Å². The summed E-state index contributed by atoms with van der Waals surface area (Å²) in [6.07, 6.45) is 1.89. The zero-order chi connectivity index (χ0) is 16.7. The van der Waals surface area contributed by atoms with Crippen LogP contribution in [-0.4, -0.2) is 12.5 Å². The summed E-state index contributed by atoms with van der Waals surface area (Å²) in [7, 11) is 0. The molecule has 0 saturated carbocycles. The maximum absolute atomic E-state index is 6.29. The fourth-order valence-electron chi connectivity index (χ4n) is 1.44. The van der Waals surface area contributed by atoms with Crippen LogP contribution in [0.5, 0.6) is 0 Å². The first-order valence-corrected chi connectivity index (χ1v) is 8.79. The van der Waals surface area contributed by atoms with Gasteiger partial charge in [-0.05, 0) is 17.5 Å². The number of hydrogen-bond donors (Lipinski definition) is 0. The number of hydrogen-bond acceptors (Lipinski definition) is 0. The second kappa shape index (κ2) is 6.98. The molecule has 0 nitrogen and oxygen atoms in total. The van der Waals surface area contributed by atoms with Crippen molar-refractivity contribution in [1.82, 2.24) is 0 Å². The first-order valence-electron chi connectivity index (χ1n) is 5.39. The van der Waals surface area contributed by atoms with Gasteiger partial charge in [0.2, 0.25) is 8.13 Å². The largest absolute Gasteiger partial charge is 0.226 e. The number of benzene rings is 1. The fourth-order valence-corrected chi connectivity index (χ4v) is 3.67. The molecule has 0 bridgehead atoms. The van der Waals surface area contributed by atoms with Gasteiger partial charge in [-0.3, -0.25) is 0 Å². The highest BCUT2D eigenvalue weighted by Crippen LogP contribution is 2.65. The second-order valence-corrected chi connectivity index (χ2v) is 10.4. The molecule has 0 saturated heterocycles. The molecule has 21 heavy (non-hydrogen) atoms. The molecule has 1 rings (SSSR count). The maximum Gasteiger partial charge on any atom is 0.226 e. The summed E-state index contributed by atoms with van der Waals surface area (Å²) in [5.74, 6) is 0. The SMILES string of the molecule is C[CH]c1ccc(C(Cl)(Cl)C(Cl)(Cl)C(Cl)(Cl)C(Cl)(Cl)Cl)cc1. The molecule has 0 spiro atoms. The van der Waals surface area contributed by atoms with Crippen molar-refractivity contribution >= 4 is 104 Å². The summed E-state index contributed by atoms with van der Waals surface area (Å²) >= 11 is 54.2. The number of alkyl halides is 9. The Morgan fingerprint density at radius 1 is 0.714 bits per heavy atom. The van der Waals surface area contributed by atoms with E-state index in [9.17, 15) is 0 Å². The van der Waals surface area contributed by atoms with Crippen molar-refractivity contribution in [3.05, 3.63) is 41.8 Å². The molecule has 0 atom stereocenters. The van der Waals surface area contributed by atoms with E-state index < -0.39 is 16.8 Å². The minimum atomic E-state index is -2.28. The molecule has 0 fully saturated rings. The van der Waals surface area contributed by atoms with E-state index in [-0.39, 0.29) is 0 Å². The molecule has 1 radical (unpaired) electrons. The van der Waals surface area contributed by atoms with Gasteiger partial charge < -0.3 is 0 Å². The topological polar surface area (TPSA) is 0 Å². The lowest BCUT2D eigenvalue weighted by molar-refractivity contribution is 0.600. The summed E-state index contributed by atoms with van der Waals surface area (Å²) in [5.41, 5.74) is 1.29. The van der Waals surface area contributed by atoms with E-state index in [1.165, 1.54) is 0 Å². The summed E-state index contributed by atoms with van der Waals surface area (Å²) < 4.78 is -8.68. The van der Waals surface area contributed by atoms with Crippen LogP contribution >= 0.6 is 104 Å². The summed E-state index contributed by atoms with van der Waals surface area (Å²) in [6.45, 7) is 1.88. The quantitative estimate of drug-likeness (QED) is 0.397. The summed E-state index contributed by atoms with van der Waals surface area (Å²) in [6, 6.07) is 6.77. The van der Waals surface area contributed by atoms with Gasteiger partial charge in [0, 0.05) is 0 Å². The summed E-state index contributed by atoms with van der Waals surface area (Å²) in [4.78, 5) is 0. The van der Waals surface area contributed by atoms with Crippen molar-refractivity contribution < 1.29 is 0 Å². The van der Waals surface area contributed by atoms with Crippen molar-refractivity contribution in [2.75, 3.05) is 0 Å². The molecule has 9 heteroatoms. The fraction of sp³-hybridized carbons (Fsp3) is 0.417. The van der Waals surface area contributed by atoms with Crippen LogP contribution in [0.3, 0.4) is 0 Å². The Hall–Kier alpha value is 1.83. The Labute approximate surface area is 168 Å². The minimum Gasteiger partial charge on any atom is -0.0943 e. The van der Waals surface area contributed by atoms with E-state index >= 15 is 0 Å². The lowest BCUT2D eigenvalue weighted by Gasteiger charge is -2.44. The average Bonchev–Trinajstić information content (AvgIpc) is 2.37. The van der Waals surface area contributed by atoms with Crippen LogP contribution in [0.1, 0.15) is 18.1 Å². The smallest absolute Gasteiger partial charge is 0.0943 e. The van der Waals surface area contributed by atoms with Crippen molar-refractivity contribution in [3.8, 4) is 0 Å². The van der Waals surface area contributed by atoms with Gasteiger partial charge in [-0.1, -0.05) is 136 Å². The molecule has 119 valence electrons. The van der Waals surface area contributed by atoms with Crippen molar-refractivity contribution in [3.63, 3.8) is 0 Å². The number of rotatable bonds is 4. The highest BCUT2D eigenvalue weighted by Gasteiger charge is 2.68. The van der Waals surface area contributed by atoms with E-state index in [1.807, 2.05) is 13.3 Å². The first kappa shape index (κ1) is 20.9. The van der Waals surface area contributed by atoms with Crippen LogP contribution in [0.2, 0.25) is 0 Å². The number of halogens is 9. The first-order chi connectivity index (χ1) is 9.29. The predicted octanol–water partition coefficient (Wildman–Crippen LogP) is 7.61. The van der Waals surface area contributed by atoms with Gasteiger partial charge in [-0.2, -0.15) is 0 Å². The van der Waals surface area contributed by atoms with Crippen LogP contribution < -0.4 is 0 Å². The third-order valence-corrected chi connectivity index (χ3v) is 8.23. The van der Waals surface area contributed by atoms with Gasteiger partial charge in [-0.25, -0.2) is 0 Å². The van der Waals surface area contributed by atoms with Gasteiger partial charge in [-0.15, -0.1) is 0 Å². The molecular formula is C12H8Cl9. The molecule has 0 unspecified atom stereocenters. The third kappa shape index (κ3) is 3.91. The lowest BCUT2D eigenvalue weighted by Crippen LogP contribution is -2.54. The minimum absolute atomic E-state index is 0.348. The van der Waals surface area contributed by atoms with E-state index in [1.54, 1.807) is 24.3 Å². The normalized spacial score (nSPS) is 14.4. The Morgan fingerprint density at radius 3 is 1.48 bits per heavy atom. The van der Waals surface area contributed by atoms with Crippen LogP contribution in [0.4, 0.5) is 0 Å². The van der Waals surface area contributed by atoms with Crippen LogP contribution in [0, 0.1) is 6.42 Å². The molecule has 0 aliphatic carbocycles. The molecule has 0 aromatic heterocycles. The van der Waals surface area contributed by atoms with E-state index in [0.29, 0.717) is 5.56 Å². The molecule has 0 amide bonds. The third-order valence-electron chi connectivity index (χ3n) is 2.75. The average molecular weight is 471 g/mol. The van der Waals surface area contributed by atoms with Gasteiger partial charge in [0.15, 0.2) is 8.67 Å². The molecule has 0 aliphatic heterocycles. The lowest BCUT2D eigenvalue weighted by atomic mass is 10.0. The van der Waals surface area contributed by atoms with Crippen molar-refractivity contribution in [2.45, 2.75) is 23.7 Å². The van der Waals surface area contributed by atoms with Crippen molar-refractivity contribution in [1.29, 1.82) is 0 Å². The molecular weight excluding hydrogens is 463 g/mol. The van der Waals surface area contributed by atoms with Crippen molar-refractivity contribution in [2.24, 2.45) is 0 Å². The van der Waals surface area contributed by atoms with Crippen LogP contribution in [-0.2, 0) is 4.33 Å². The van der Waals surface area contributed by atoms with E-state index in [0.717, 1.165) is 5.56 Å². The van der Waals surface area contributed by atoms with Crippen LogP contribution in [0.25, 0.3) is 0 Å². The summed E-state index contributed by atoms with van der Waals surface area (Å²) in [5, 5.41) is 0. The van der Waals surface area contributed by atoms with Gasteiger partial charge >= 0.3 is 0 Å². The Bertz CT molecular complexity index is 484. The predicted molar refractivity (Wildman–Crippen MR) is 98.1 cm³/mol. The Kier molecular flexibility index (Phi) is 6.94. The monoisotopic (exact) mass is 467 g/mol. The highest BCUT2D eigenvalue weighted by atomic mass is 35.6.